The van der Waals surface area contributed by atoms with Gasteiger partial charge in [0.15, 0.2) is 0 Å². The van der Waals surface area contributed by atoms with Crippen molar-refractivity contribution in [2.24, 2.45) is 52.3 Å². The molecule has 0 radical (unpaired) electrons. The minimum absolute atomic E-state index is 0.185. The van der Waals surface area contributed by atoms with Crippen LogP contribution in [0.2, 0.25) is 0 Å². The molecule has 0 aromatic rings. The van der Waals surface area contributed by atoms with Gasteiger partial charge in [-0.3, -0.25) is 0 Å². The fraction of sp³-hybridized carbons (Fsp3) is 1.00. The fourth-order valence-corrected chi connectivity index (χ4v) is 9.30. The van der Waals surface area contributed by atoms with E-state index in [1.54, 1.807) is 0 Å². The van der Waals surface area contributed by atoms with Gasteiger partial charge < -0.3 is 10.2 Å². The number of rotatable bonds is 5. The second-order valence-electron chi connectivity index (χ2n) is 12.8. The number of aliphatic hydroxyl groups excluding tert-OH is 2. The highest BCUT2D eigenvalue weighted by molar-refractivity contribution is 5.11. The van der Waals surface area contributed by atoms with Crippen LogP contribution in [0.3, 0.4) is 0 Å². The van der Waals surface area contributed by atoms with Gasteiger partial charge in [-0.15, -0.1) is 0 Å². The molecule has 4 rings (SSSR count). The van der Waals surface area contributed by atoms with Gasteiger partial charge in [0.2, 0.25) is 0 Å². The fourth-order valence-electron chi connectivity index (χ4n) is 9.30. The van der Waals surface area contributed by atoms with Crippen molar-refractivity contribution in [3.05, 3.63) is 0 Å². The van der Waals surface area contributed by atoms with Crippen LogP contribution in [0.1, 0.15) is 105 Å². The zero-order valence-electron chi connectivity index (χ0n) is 19.9. The summed E-state index contributed by atoms with van der Waals surface area (Å²) in [4.78, 5) is 0. The molecule has 0 unspecified atom stereocenters. The Morgan fingerprint density at radius 1 is 0.793 bits per heavy atom. The lowest BCUT2D eigenvalue weighted by Crippen LogP contribution is -2.58. The predicted octanol–water partition coefficient (Wildman–Crippen LogP) is 6.44. The largest absolute Gasteiger partial charge is 0.393 e. The Labute approximate surface area is 180 Å². The molecule has 2 N–H and O–H groups in total. The molecular weight excluding hydrogens is 356 g/mol. The van der Waals surface area contributed by atoms with Crippen molar-refractivity contribution in [2.75, 3.05) is 0 Å². The topological polar surface area (TPSA) is 40.5 Å². The molecule has 0 aromatic heterocycles. The van der Waals surface area contributed by atoms with Gasteiger partial charge in [0, 0.05) is 0 Å². The highest BCUT2D eigenvalue weighted by Crippen LogP contribution is 2.68. The van der Waals surface area contributed by atoms with Crippen molar-refractivity contribution in [1.82, 2.24) is 0 Å². The number of fused-ring (bicyclic) bond motifs is 5. The first-order valence-corrected chi connectivity index (χ1v) is 13.0. The summed E-state index contributed by atoms with van der Waals surface area (Å²) < 4.78 is 0. The summed E-state index contributed by atoms with van der Waals surface area (Å²) in [7, 11) is 0. The zero-order chi connectivity index (χ0) is 21.0. The quantitative estimate of drug-likeness (QED) is 0.553. The van der Waals surface area contributed by atoms with E-state index in [1.165, 1.54) is 44.9 Å². The molecule has 0 bridgehead atoms. The highest BCUT2D eigenvalue weighted by atomic mass is 16.3. The third kappa shape index (κ3) is 3.73. The molecule has 0 spiro atoms. The first-order valence-electron chi connectivity index (χ1n) is 13.0. The van der Waals surface area contributed by atoms with Crippen LogP contribution in [0.4, 0.5) is 0 Å². The average molecular weight is 405 g/mol. The normalized spacial score (nSPS) is 50.7. The maximum absolute atomic E-state index is 11.2. The molecular formula is C27H48O2. The van der Waals surface area contributed by atoms with Gasteiger partial charge in [0.25, 0.3) is 0 Å². The molecule has 0 heterocycles. The van der Waals surface area contributed by atoms with Crippen molar-refractivity contribution in [1.29, 1.82) is 0 Å². The standard InChI is InChI=1S/C27H48O2/c1-17(2)7-6-8-18(3)21-9-10-22-20-16-25(29)24-15-19(28)11-13-27(24,5)23(20)12-14-26(21,22)4/h17-25,28-29H,6-16H2,1-5H3/t18-,19+,20+,21-,22+,23+,24-,25-,26-,27-/m1/s1. The van der Waals surface area contributed by atoms with E-state index in [0.29, 0.717) is 17.3 Å². The van der Waals surface area contributed by atoms with E-state index >= 15 is 0 Å². The maximum Gasteiger partial charge on any atom is 0.0577 e. The average Bonchev–Trinajstić information content (AvgIpc) is 3.00. The number of aliphatic hydroxyl groups is 2. The Kier molecular flexibility index (Phi) is 6.19. The zero-order valence-corrected chi connectivity index (χ0v) is 19.9. The van der Waals surface area contributed by atoms with Crippen LogP contribution in [-0.4, -0.2) is 22.4 Å². The molecule has 2 nitrogen and oxygen atoms in total. The molecule has 10 atom stereocenters. The van der Waals surface area contributed by atoms with Gasteiger partial charge >= 0.3 is 0 Å². The second kappa shape index (κ2) is 8.12. The summed E-state index contributed by atoms with van der Waals surface area (Å²) in [5.41, 5.74) is 0.749. The van der Waals surface area contributed by atoms with Gasteiger partial charge in [0.05, 0.1) is 12.2 Å². The molecule has 4 fully saturated rings. The van der Waals surface area contributed by atoms with E-state index < -0.39 is 0 Å². The molecule has 4 aliphatic rings. The highest BCUT2D eigenvalue weighted by Gasteiger charge is 2.62. The summed E-state index contributed by atoms with van der Waals surface area (Å²) in [5, 5.41) is 21.4. The van der Waals surface area contributed by atoms with Gasteiger partial charge in [-0.1, -0.05) is 53.9 Å². The van der Waals surface area contributed by atoms with Gasteiger partial charge in [-0.2, -0.15) is 0 Å². The molecule has 0 aromatic carbocycles. The molecule has 0 saturated heterocycles. The lowest BCUT2D eigenvalue weighted by molar-refractivity contribution is -0.172. The molecule has 168 valence electrons. The minimum Gasteiger partial charge on any atom is -0.393 e. The van der Waals surface area contributed by atoms with Crippen LogP contribution in [0.5, 0.6) is 0 Å². The molecule has 0 amide bonds. The van der Waals surface area contributed by atoms with Gasteiger partial charge in [0.1, 0.15) is 0 Å². The van der Waals surface area contributed by atoms with Crippen LogP contribution in [0.15, 0.2) is 0 Å². The summed E-state index contributed by atoms with van der Waals surface area (Å²) in [6, 6.07) is 0. The third-order valence-electron chi connectivity index (χ3n) is 10.9. The second-order valence-corrected chi connectivity index (χ2v) is 12.8. The Hall–Kier alpha value is -0.0800. The first-order chi connectivity index (χ1) is 13.7. The number of hydrogen-bond acceptors (Lipinski definition) is 2. The summed E-state index contributed by atoms with van der Waals surface area (Å²) in [6.45, 7) is 12.4. The van der Waals surface area contributed by atoms with Gasteiger partial charge in [-0.25, -0.2) is 0 Å². The van der Waals surface area contributed by atoms with E-state index in [4.69, 9.17) is 0 Å². The Morgan fingerprint density at radius 3 is 2.21 bits per heavy atom. The van der Waals surface area contributed by atoms with Crippen molar-refractivity contribution in [3.8, 4) is 0 Å². The Morgan fingerprint density at radius 2 is 1.48 bits per heavy atom. The molecule has 4 saturated carbocycles. The summed E-state index contributed by atoms with van der Waals surface area (Å²) in [6.07, 6.45) is 13.3. The van der Waals surface area contributed by atoms with Gasteiger partial charge in [-0.05, 0) is 104 Å². The first kappa shape index (κ1) is 22.1. The van der Waals surface area contributed by atoms with Crippen molar-refractivity contribution < 1.29 is 10.2 Å². The van der Waals surface area contributed by atoms with Crippen LogP contribution < -0.4 is 0 Å². The third-order valence-corrected chi connectivity index (χ3v) is 10.9. The van der Waals surface area contributed by atoms with Crippen LogP contribution >= 0.6 is 0 Å². The van der Waals surface area contributed by atoms with Crippen LogP contribution in [0.25, 0.3) is 0 Å². The molecule has 29 heavy (non-hydrogen) atoms. The smallest absolute Gasteiger partial charge is 0.0577 e. The van der Waals surface area contributed by atoms with E-state index in [1.807, 2.05) is 0 Å². The molecule has 4 aliphatic carbocycles. The molecule has 0 aliphatic heterocycles. The summed E-state index contributed by atoms with van der Waals surface area (Å²) in [5.74, 6) is 5.20. The van der Waals surface area contributed by atoms with E-state index in [-0.39, 0.29) is 17.6 Å². The minimum atomic E-state index is -0.193. The van der Waals surface area contributed by atoms with E-state index in [0.717, 1.165) is 55.3 Å². The lowest BCUT2D eigenvalue weighted by Gasteiger charge is -2.62. The Balaban J connectivity index is 1.50. The predicted molar refractivity (Wildman–Crippen MR) is 120 cm³/mol. The monoisotopic (exact) mass is 404 g/mol. The Bertz CT molecular complexity index is 573. The molecule has 2 heteroatoms. The van der Waals surface area contributed by atoms with Crippen molar-refractivity contribution in [3.63, 3.8) is 0 Å². The van der Waals surface area contributed by atoms with Crippen LogP contribution in [-0.2, 0) is 0 Å². The number of hydrogen-bond donors (Lipinski definition) is 2. The SMILES string of the molecule is CC(C)CCC[C@@H](C)[C@H]1CC[C@H]2[C@@H]3C[C@@H](O)[C@H]4C[C@@H](O)CC[C@]4(C)[C@H]3CC[C@]12C. The summed E-state index contributed by atoms with van der Waals surface area (Å²) >= 11 is 0. The van der Waals surface area contributed by atoms with E-state index in [2.05, 4.69) is 34.6 Å². The van der Waals surface area contributed by atoms with E-state index in [9.17, 15) is 10.2 Å². The maximum atomic E-state index is 11.2. The van der Waals surface area contributed by atoms with Crippen LogP contribution in [0, 0.1) is 52.3 Å². The van der Waals surface area contributed by atoms with Crippen molar-refractivity contribution in [2.45, 2.75) is 117 Å². The van der Waals surface area contributed by atoms with Crippen molar-refractivity contribution >= 4 is 0 Å². The lowest BCUT2D eigenvalue weighted by atomic mass is 9.44.